The van der Waals surface area contributed by atoms with Crippen molar-refractivity contribution in [2.75, 3.05) is 38.3 Å². The van der Waals surface area contributed by atoms with Crippen LogP contribution in [0.5, 0.6) is 0 Å². The van der Waals surface area contributed by atoms with Gasteiger partial charge in [0.2, 0.25) is 0 Å². The highest BCUT2D eigenvalue weighted by atomic mass is 32.2. The highest BCUT2D eigenvalue weighted by Gasteiger charge is 2.29. The van der Waals surface area contributed by atoms with Crippen molar-refractivity contribution in [2.45, 2.75) is 38.0 Å². The van der Waals surface area contributed by atoms with Crippen LogP contribution in [-0.2, 0) is 6.54 Å². The van der Waals surface area contributed by atoms with Crippen LogP contribution in [0.15, 0.2) is 23.2 Å². The molecule has 1 fully saturated rings. The predicted molar refractivity (Wildman–Crippen MR) is 104 cm³/mol. The highest BCUT2D eigenvalue weighted by molar-refractivity contribution is 8.00. The molecule has 0 radical (unpaired) electrons. The van der Waals surface area contributed by atoms with E-state index in [2.05, 4.69) is 78.4 Å². The summed E-state index contributed by atoms with van der Waals surface area (Å²) in [5.74, 6) is 2.16. The molecule has 1 aromatic carbocycles. The Labute approximate surface area is 145 Å². The average molecular weight is 335 g/mol. The van der Waals surface area contributed by atoms with Crippen LogP contribution in [0.3, 0.4) is 0 Å². The average Bonchev–Trinajstić information content (AvgIpc) is 2.95. The van der Waals surface area contributed by atoms with E-state index in [9.17, 15) is 0 Å². The van der Waals surface area contributed by atoms with Crippen molar-refractivity contribution < 1.29 is 0 Å². The van der Waals surface area contributed by atoms with Crippen LogP contribution in [-0.4, -0.2) is 44.1 Å². The summed E-state index contributed by atoms with van der Waals surface area (Å²) in [4.78, 5) is 6.48. The van der Waals surface area contributed by atoms with E-state index < -0.39 is 0 Å². The maximum atomic E-state index is 4.35. The second-order valence-corrected chi connectivity index (χ2v) is 8.37. The molecule has 1 heterocycles. The van der Waals surface area contributed by atoms with Crippen molar-refractivity contribution >= 4 is 23.4 Å². The van der Waals surface area contributed by atoms with Crippen molar-refractivity contribution in [3.8, 4) is 0 Å². The van der Waals surface area contributed by atoms with E-state index in [0.29, 0.717) is 4.75 Å². The fourth-order valence-electron chi connectivity index (χ4n) is 2.80. The summed E-state index contributed by atoms with van der Waals surface area (Å²) in [5.41, 5.74) is 3.84. The molecule has 0 aliphatic carbocycles. The molecule has 1 aromatic rings. The summed E-state index contributed by atoms with van der Waals surface area (Å²) in [6.45, 7) is 6.27. The van der Waals surface area contributed by atoms with Crippen LogP contribution in [0.1, 0.15) is 30.9 Å². The molecular formula is C18H30N4S. The number of hydrogen-bond acceptors (Lipinski definition) is 3. The van der Waals surface area contributed by atoms with Gasteiger partial charge in [-0.3, -0.25) is 4.99 Å². The molecule has 23 heavy (non-hydrogen) atoms. The maximum absolute atomic E-state index is 4.35. The van der Waals surface area contributed by atoms with Gasteiger partial charge in [0.1, 0.15) is 0 Å². The smallest absolute Gasteiger partial charge is 0.191 e. The Kier molecular flexibility index (Phi) is 6.22. The summed E-state index contributed by atoms with van der Waals surface area (Å²) >= 11 is 2.07. The SMILES string of the molecule is CN=C(NCc1ccc(N(C)C)cc1C)NCC1(C)CCCS1. The topological polar surface area (TPSA) is 39.7 Å². The molecule has 0 aromatic heterocycles. The summed E-state index contributed by atoms with van der Waals surface area (Å²) in [5, 5.41) is 6.91. The largest absolute Gasteiger partial charge is 0.378 e. The van der Waals surface area contributed by atoms with Gasteiger partial charge in [-0.1, -0.05) is 6.07 Å². The molecule has 2 rings (SSSR count). The minimum atomic E-state index is 0.348. The van der Waals surface area contributed by atoms with E-state index in [1.807, 2.05) is 7.05 Å². The Morgan fingerprint density at radius 2 is 2.13 bits per heavy atom. The van der Waals surface area contributed by atoms with Gasteiger partial charge in [0.05, 0.1) is 0 Å². The van der Waals surface area contributed by atoms with Gasteiger partial charge in [0.15, 0.2) is 5.96 Å². The zero-order valence-corrected chi connectivity index (χ0v) is 15.9. The van der Waals surface area contributed by atoms with Gasteiger partial charge in [-0.25, -0.2) is 0 Å². The van der Waals surface area contributed by atoms with E-state index in [-0.39, 0.29) is 0 Å². The lowest BCUT2D eigenvalue weighted by molar-refractivity contribution is 0.584. The molecule has 1 aliphatic heterocycles. The summed E-state index contributed by atoms with van der Waals surface area (Å²) < 4.78 is 0.348. The first kappa shape index (κ1) is 18.0. The van der Waals surface area contributed by atoms with E-state index in [0.717, 1.165) is 19.0 Å². The van der Waals surface area contributed by atoms with Crippen LogP contribution in [0.2, 0.25) is 0 Å². The highest BCUT2D eigenvalue weighted by Crippen LogP contribution is 2.36. The lowest BCUT2D eigenvalue weighted by atomic mass is 10.1. The van der Waals surface area contributed by atoms with Gasteiger partial charge in [-0.05, 0) is 55.7 Å². The Hall–Kier alpha value is -1.36. The van der Waals surface area contributed by atoms with Crippen LogP contribution in [0, 0.1) is 6.92 Å². The number of nitrogens with one attached hydrogen (secondary N) is 2. The number of guanidine groups is 1. The second kappa shape index (κ2) is 7.95. The molecule has 4 nitrogen and oxygen atoms in total. The fourth-order valence-corrected chi connectivity index (χ4v) is 4.05. The molecule has 2 N–H and O–H groups in total. The molecular weight excluding hydrogens is 304 g/mol. The standard InChI is InChI=1S/C18H30N4S/c1-14-11-16(22(4)5)8-7-15(14)12-20-17(19-3)21-13-18(2)9-6-10-23-18/h7-8,11H,6,9-10,12-13H2,1-5H3,(H2,19,20,21). The van der Waals surface area contributed by atoms with Gasteiger partial charge in [0, 0.05) is 44.7 Å². The molecule has 1 unspecified atom stereocenters. The third kappa shape index (κ3) is 5.06. The number of aryl methyl sites for hydroxylation is 1. The normalized spacial score (nSPS) is 21.3. The van der Waals surface area contributed by atoms with E-state index in [1.54, 1.807) is 0 Å². The Morgan fingerprint density at radius 1 is 1.35 bits per heavy atom. The Bertz CT molecular complexity index is 548. The monoisotopic (exact) mass is 334 g/mol. The number of aliphatic imine (C=N–C) groups is 1. The molecule has 0 spiro atoms. The number of benzene rings is 1. The zero-order valence-electron chi connectivity index (χ0n) is 15.1. The first-order valence-corrected chi connectivity index (χ1v) is 9.27. The Morgan fingerprint density at radius 3 is 2.70 bits per heavy atom. The van der Waals surface area contributed by atoms with Gasteiger partial charge < -0.3 is 15.5 Å². The first-order chi connectivity index (χ1) is 10.9. The van der Waals surface area contributed by atoms with Gasteiger partial charge in [-0.15, -0.1) is 0 Å². The third-order valence-corrected chi connectivity index (χ3v) is 5.98. The van der Waals surface area contributed by atoms with Crippen LogP contribution in [0.4, 0.5) is 5.69 Å². The summed E-state index contributed by atoms with van der Waals surface area (Å²) in [7, 11) is 5.97. The van der Waals surface area contributed by atoms with E-state index >= 15 is 0 Å². The molecule has 128 valence electrons. The number of hydrogen-bond donors (Lipinski definition) is 2. The minimum absolute atomic E-state index is 0.348. The molecule has 0 amide bonds. The van der Waals surface area contributed by atoms with Crippen molar-refractivity contribution in [3.63, 3.8) is 0 Å². The number of nitrogens with zero attached hydrogens (tertiary/aromatic N) is 2. The maximum Gasteiger partial charge on any atom is 0.191 e. The third-order valence-electron chi connectivity index (χ3n) is 4.44. The molecule has 5 heteroatoms. The van der Waals surface area contributed by atoms with Crippen LogP contribution < -0.4 is 15.5 Å². The van der Waals surface area contributed by atoms with Crippen molar-refractivity contribution in [2.24, 2.45) is 4.99 Å². The number of rotatable bonds is 5. The molecule has 0 bridgehead atoms. The second-order valence-electron chi connectivity index (χ2n) is 6.69. The number of thioether (sulfide) groups is 1. The predicted octanol–water partition coefficient (Wildman–Crippen LogP) is 3.01. The van der Waals surface area contributed by atoms with Crippen molar-refractivity contribution in [1.82, 2.24) is 10.6 Å². The zero-order chi connectivity index (χ0) is 16.9. The minimum Gasteiger partial charge on any atom is -0.378 e. The first-order valence-electron chi connectivity index (χ1n) is 8.29. The van der Waals surface area contributed by atoms with Crippen LogP contribution >= 0.6 is 11.8 Å². The molecule has 0 saturated carbocycles. The number of anilines is 1. The lowest BCUT2D eigenvalue weighted by Crippen LogP contribution is -2.43. The van der Waals surface area contributed by atoms with E-state index in [1.165, 1.54) is 35.4 Å². The van der Waals surface area contributed by atoms with E-state index in [4.69, 9.17) is 0 Å². The van der Waals surface area contributed by atoms with Crippen molar-refractivity contribution in [3.05, 3.63) is 29.3 Å². The van der Waals surface area contributed by atoms with Crippen molar-refractivity contribution in [1.29, 1.82) is 0 Å². The van der Waals surface area contributed by atoms with Gasteiger partial charge in [0.25, 0.3) is 0 Å². The summed E-state index contributed by atoms with van der Waals surface area (Å²) in [6, 6.07) is 6.58. The molecule has 1 atom stereocenters. The van der Waals surface area contributed by atoms with Crippen LogP contribution in [0.25, 0.3) is 0 Å². The lowest BCUT2D eigenvalue weighted by Gasteiger charge is -2.24. The van der Waals surface area contributed by atoms with Gasteiger partial charge >= 0.3 is 0 Å². The Balaban J connectivity index is 1.88. The summed E-state index contributed by atoms with van der Waals surface area (Å²) in [6.07, 6.45) is 2.61. The quantitative estimate of drug-likeness (QED) is 0.641. The fraction of sp³-hybridized carbons (Fsp3) is 0.611. The van der Waals surface area contributed by atoms with Gasteiger partial charge in [-0.2, -0.15) is 11.8 Å². The molecule has 1 saturated heterocycles. The molecule has 1 aliphatic rings.